The van der Waals surface area contributed by atoms with Crippen molar-refractivity contribution in [3.63, 3.8) is 0 Å². The zero-order valence-electron chi connectivity index (χ0n) is 13.4. The van der Waals surface area contributed by atoms with Crippen LogP contribution in [0.3, 0.4) is 0 Å². The van der Waals surface area contributed by atoms with E-state index in [2.05, 4.69) is 16.8 Å². The summed E-state index contributed by atoms with van der Waals surface area (Å²) < 4.78 is 12.2. The van der Waals surface area contributed by atoms with Gasteiger partial charge in [0.25, 0.3) is 0 Å². The number of likely N-dealkylation sites (N-methyl/N-ethyl adjacent to an activating group) is 1. The number of carbonyl (C=O) groups is 1. The second kappa shape index (κ2) is 8.67. The summed E-state index contributed by atoms with van der Waals surface area (Å²) in [5.41, 5.74) is 0. The molecular weight excluding hydrogens is 316 g/mol. The van der Waals surface area contributed by atoms with Crippen LogP contribution < -0.4 is 5.32 Å². The van der Waals surface area contributed by atoms with Crippen molar-refractivity contribution in [1.82, 2.24) is 10.2 Å². The monoisotopic (exact) mass is 342 g/mol. The van der Waals surface area contributed by atoms with Crippen LogP contribution in [0.2, 0.25) is 0 Å². The summed E-state index contributed by atoms with van der Waals surface area (Å²) in [5, 5.41) is 5.29. The molecule has 1 aliphatic carbocycles. The lowest BCUT2D eigenvalue weighted by Gasteiger charge is -2.32. The first kappa shape index (κ1) is 17.5. The van der Waals surface area contributed by atoms with Crippen molar-refractivity contribution < 1.29 is 9.00 Å². The normalized spacial score (nSPS) is 23.0. The average molecular weight is 343 g/mol. The number of amides is 2. The van der Waals surface area contributed by atoms with E-state index in [1.165, 1.54) is 4.88 Å². The first-order chi connectivity index (χ1) is 10.6. The highest BCUT2D eigenvalue weighted by molar-refractivity contribution is 7.85. The summed E-state index contributed by atoms with van der Waals surface area (Å²) >= 11 is 1.72. The molecule has 1 N–H and O–H groups in total. The van der Waals surface area contributed by atoms with Crippen LogP contribution >= 0.6 is 11.3 Å². The fourth-order valence-electron chi connectivity index (χ4n) is 2.89. The summed E-state index contributed by atoms with van der Waals surface area (Å²) in [6, 6.07) is 4.15. The van der Waals surface area contributed by atoms with Crippen molar-refractivity contribution in [3.05, 3.63) is 22.4 Å². The molecular formula is C16H26N2O2S2. The Morgan fingerprint density at radius 3 is 2.91 bits per heavy atom. The Morgan fingerprint density at radius 2 is 2.23 bits per heavy atom. The Labute approximate surface area is 139 Å². The topological polar surface area (TPSA) is 49.4 Å². The molecule has 124 valence electrons. The van der Waals surface area contributed by atoms with Crippen molar-refractivity contribution in [3.8, 4) is 0 Å². The standard InChI is InChI=1S/C16H26N2O2S2/c1-3-22(20)15-9-5-4-8-14(15)17-16(19)18(2)11-10-13-7-6-12-21-13/h6-7,12,14-15H,3-5,8-11H2,1-2H3,(H,17,19)/t14-,15-,22+/m0/s1. The molecule has 0 unspecified atom stereocenters. The number of nitrogens with zero attached hydrogens (tertiary/aromatic N) is 1. The molecule has 6 heteroatoms. The Kier molecular flexibility index (Phi) is 6.89. The van der Waals surface area contributed by atoms with Gasteiger partial charge >= 0.3 is 6.03 Å². The fraction of sp³-hybridized carbons (Fsp3) is 0.688. The van der Waals surface area contributed by atoms with Crippen LogP contribution in [0.15, 0.2) is 17.5 Å². The summed E-state index contributed by atoms with van der Waals surface area (Å²) in [4.78, 5) is 15.4. The molecule has 2 amide bonds. The van der Waals surface area contributed by atoms with Gasteiger partial charge in [0.15, 0.2) is 0 Å². The van der Waals surface area contributed by atoms with E-state index in [9.17, 15) is 9.00 Å². The number of urea groups is 1. The minimum atomic E-state index is -0.833. The Morgan fingerprint density at radius 1 is 1.45 bits per heavy atom. The lowest BCUT2D eigenvalue weighted by atomic mass is 9.95. The largest absolute Gasteiger partial charge is 0.334 e. The molecule has 0 radical (unpaired) electrons. The van der Waals surface area contributed by atoms with Gasteiger partial charge in [0.1, 0.15) is 0 Å². The molecule has 22 heavy (non-hydrogen) atoms. The fourth-order valence-corrected chi connectivity index (χ4v) is 5.02. The Hall–Kier alpha value is -0.880. The summed E-state index contributed by atoms with van der Waals surface area (Å²) in [7, 11) is 0.998. The minimum Gasteiger partial charge on any atom is -0.334 e. The average Bonchev–Trinajstić information content (AvgIpc) is 3.05. The number of carbonyl (C=O) groups excluding carboxylic acids is 1. The molecule has 4 nitrogen and oxygen atoms in total. The number of hydrogen-bond donors (Lipinski definition) is 1. The van der Waals surface area contributed by atoms with E-state index in [4.69, 9.17) is 0 Å². The number of rotatable bonds is 6. The molecule has 2 rings (SSSR count). The first-order valence-electron chi connectivity index (χ1n) is 8.03. The van der Waals surface area contributed by atoms with Crippen LogP contribution in [0.1, 0.15) is 37.5 Å². The van der Waals surface area contributed by atoms with Crippen LogP contribution in [0.25, 0.3) is 0 Å². The van der Waals surface area contributed by atoms with Crippen molar-refractivity contribution >= 4 is 28.2 Å². The van der Waals surface area contributed by atoms with E-state index in [0.717, 1.165) is 32.1 Å². The van der Waals surface area contributed by atoms with Gasteiger partial charge in [0.2, 0.25) is 0 Å². The molecule has 1 fully saturated rings. The van der Waals surface area contributed by atoms with Crippen molar-refractivity contribution in [2.45, 2.75) is 50.3 Å². The molecule has 1 saturated carbocycles. The van der Waals surface area contributed by atoms with Crippen molar-refractivity contribution in [2.75, 3.05) is 19.3 Å². The van der Waals surface area contributed by atoms with E-state index in [-0.39, 0.29) is 17.3 Å². The smallest absolute Gasteiger partial charge is 0.317 e. The van der Waals surface area contributed by atoms with Gasteiger partial charge in [-0.1, -0.05) is 25.8 Å². The van der Waals surface area contributed by atoms with E-state index in [1.54, 1.807) is 16.2 Å². The predicted molar refractivity (Wildman–Crippen MR) is 93.9 cm³/mol. The summed E-state index contributed by atoms with van der Waals surface area (Å²) in [5.74, 6) is 0.672. The number of hydrogen-bond acceptors (Lipinski definition) is 3. The number of nitrogens with one attached hydrogen (secondary N) is 1. The van der Waals surface area contributed by atoms with Gasteiger partial charge in [-0.3, -0.25) is 4.21 Å². The molecule has 0 saturated heterocycles. The Bertz CT molecular complexity index is 490. The molecule has 1 aromatic heterocycles. The third-order valence-electron chi connectivity index (χ3n) is 4.25. The SMILES string of the molecule is CC[S@@](=O)[C@H]1CCCC[C@@H]1NC(=O)N(C)CCc1cccs1. The number of thiophene rings is 1. The van der Waals surface area contributed by atoms with E-state index in [0.29, 0.717) is 12.3 Å². The van der Waals surface area contributed by atoms with Crippen LogP contribution in [-0.4, -0.2) is 45.8 Å². The lowest BCUT2D eigenvalue weighted by molar-refractivity contribution is 0.201. The maximum Gasteiger partial charge on any atom is 0.317 e. The Balaban J connectivity index is 1.84. The van der Waals surface area contributed by atoms with Crippen LogP contribution in [0.5, 0.6) is 0 Å². The van der Waals surface area contributed by atoms with Crippen molar-refractivity contribution in [1.29, 1.82) is 0 Å². The molecule has 1 aromatic rings. The molecule has 1 aliphatic rings. The zero-order valence-corrected chi connectivity index (χ0v) is 15.0. The molecule has 1 heterocycles. The highest BCUT2D eigenvalue weighted by Crippen LogP contribution is 2.23. The highest BCUT2D eigenvalue weighted by atomic mass is 32.2. The summed E-state index contributed by atoms with van der Waals surface area (Å²) in [6.45, 7) is 2.66. The van der Waals surface area contributed by atoms with Gasteiger partial charge in [0, 0.05) is 41.1 Å². The first-order valence-corrected chi connectivity index (χ1v) is 10.3. The maximum absolute atomic E-state index is 12.3. The molecule has 0 aliphatic heterocycles. The molecule has 0 aromatic carbocycles. The third-order valence-corrected chi connectivity index (χ3v) is 7.00. The minimum absolute atomic E-state index is 0.0402. The van der Waals surface area contributed by atoms with Crippen LogP contribution in [-0.2, 0) is 17.2 Å². The van der Waals surface area contributed by atoms with E-state index >= 15 is 0 Å². The van der Waals surface area contributed by atoms with E-state index in [1.807, 2.05) is 20.0 Å². The molecule has 0 spiro atoms. The summed E-state index contributed by atoms with van der Waals surface area (Å²) in [6.07, 6.45) is 5.03. The highest BCUT2D eigenvalue weighted by Gasteiger charge is 2.30. The van der Waals surface area contributed by atoms with Crippen molar-refractivity contribution in [2.24, 2.45) is 0 Å². The second-order valence-electron chi connectivity index (χ2n) is 5.80. The molecule has 0 bridgehead atoms. The second-order valence-corrected chi connectivity index (χ2v) is 8.78. The zero-order chi connectivity index (χ0) is 15.9. The quantitative estimate of drug-likeness (QED) is 0.864. The third kappa shape index (κ3) is 4.81. The van der Waals surface area contributed by atoms with Gasteiger partial charge in [-0.15, -0.1) is 11.3 Å². The lowest BCUT2D eigenvalue weighted by Crippen LogP contribution is -2.51. The van der Waals surface area contributed by atoms with Crippen LogP contribution in [0.4, 0.5) is 4.79 Å². The van der Waals surface area contributed by atoms with Gasteiger partial charge in [-0.25, -0.2) is 4.79 Å². The molecule has 3 atom stereocenters. The van der Waals surface area contributed by atoms with E-state index < -0.39 is 10.8 Å². The van der Waals surface area contributed by atoms with Crippen LogP contribution in [0, 0.1) is 0 Å². The van der Waals surface area contributed by atoms with Gasteiger partial charge in [-0.2, -0.15) is 0 Å². The van der Waals surface area contributed by atoms with Gasteiger partial charge < -0.3 is 10.2 Å². The van der Waals surface area contributed by atoms with Gasteiger partial charge in [0.05, 0.1) is 5.25 Å². The predicted octanol–water partition coefficient (Wildman–Crippen LogP) is 3.01. The van der Waals surface area contributed by atoms with Gasteiger partial charge in [-0.05, 0) is 30.7 Å². The maximum atomic E-state index is 12.3.